The summed E-state index contributed by atoms with van der Waals surface area (Å²) in [7, 11) is -3.54. The molecule has 0 atom stereocenters. The van der Waals surface area contributed by atoms with Gasteiger partial charge in [0.15, 0.2) is 0 Å². The van der Waals surface area contributed by atoms with Gasteiger partial charge >= 0.3 is 0 Å². The average Bonchev–Trinajstić information content (AvgIpc) is 2.28. The number of hydrogen-bond donors (Lipinski definition) is 2. The zero-order valence-electron chi connectivity index (χ0n) is 9.30. The zero-order chi connectivity index (χ0) is 13.2. The van der Waals surface area contributed by atoms with Crippen molar-refractivity contribution in [1.82, 2.24) is 4.98 Å². The number of fused-ring (bicyclic) bond motifs is 1. The zero-order valence-corrected chi connectivity index (χ0v) is 11.7. The number of aromatic nitrogens is 1. The monoisotopic (exact) mass is 330 g/mol. The molecular formula is C11H11BrN2O3S. The molecule has 0 saturated carbocycles. The van der Waals surface area contributed by atoms with Crippen LogP contribution in [0.5, 0.6) is 0 Å². The first-order valence-corrected chi connectivity index (χ1v) is 7.62. The Kier molecular flexibility index (Phi) is 3.84. The molecule has 0 aliphatic carbocycles. The van der Waals surface area contributed by atoms with Crippen molar-refractivity contribution in [3.8, 4) is 0 Å². The highest BCUT2D eigenvalue weighted by molar-refractivity contribution is 9.10. The standard InChI is InChI=1S/C11H11BrN2O3S/c12-9-6-8-2-1-3-10(11(8)13-7-9)14-18(16,17)5-4-15/h1-3,6-7,14-15H,4-5H2. The number of hydrogen-bond acceptors (Lipinski definition) is 4. The van der Waals surface area contributed by atoms with Crippen LogP contribution in [0.2, 0.25) is 0 Å². The second kappa shape index (κ2) is 5.21. The molecule has 1 heterocycles. The first-order chi connectivity index (χ1) is 8.52. The Morgan fingerprint density at radius 1 is 1.39 bits per heavy atom. The average molecular weight is 331 g/mol. The third-order valence-electron chi connectivity index (χ3n) is 2.30. The normalized spacial score (nSPS) is 11.7. The van der Waals surface area contributed by atoms with Crippen molar-refractivity contribution in [2.24, 2.45) is 0 Å². The van der Waals surface area contributed by atoms with E-state index in [0.717, 1.165) is 9.86 Å². The van der Waals surface area contributed by atoms with Crippen molar-refractivity contribution >= 4 is 42.5 Å². The molecule has 0 aliphatic heterocycles. The van der Waals surface area contributed by atoms with Gasteiger partial charge in [-0.25, -0.2) is 8.42 Å². The summed E-state index contributed by atoms with van der Waals surface area (Å²) in [6.45, 7) is -0.418. The van der Waals surface area contributed by atoms with Gasteiger partial charge in [-0.3, -0.25) is 9.71 Å². The van der Waals surface area contributed by atoms with Crippen LogP contribution in [-0.2, 0) is 10.0 Å². The quantitative estimate of drug-likeness (QED) is 0.894. The topological polar surface area (TPSA) is 79.3 Å². The van der Waals surface area contributed by atoms with Gasteiger partial charge < -0.3 is 5.11 Å². The van der Waals surface area contributed by atoms with Crippen molar-refractivity contribution in [2.45, 2.75) is 0 Å². The van der Waals surface area contributed by atoms with Crippen molar-refractivity contribution < 1.29 is 13.5 Å². The van der Waals surface area contributed by atoms with E-state index in [1.54, 1.807) is 18.3 Å². The van der Waals surface area contributed by atoms with Crippen LogP contribution >= 0.6 is 15.9 Å². The number of rotatable bonds is 4. The fourth-order valence-electron chi connectivity index (χ4n) is 1.56. The highest BCUT2D eigenvalue weighted by atomic mass is 79.9. The molecular weight excluding hydrogens is 320 g/mol. The Labute approximate surface area is 113 Å². The third kappa shape index (κ3) is 2.98. The van der Waals surface area contributed by atoms with Gasteiger partial charge in [0.1, 0.15) is 0 Å². The van der Waals surface area contributed by atoms with Gasteiger partial charge in [0, 0.05) is 16.1 Å². The number of benzene rings is 1. The van der Waals surface area contributed by atoms with Gasteiger partial charge in [-0.2, -0.15) is 0 Å². The van der Waals surface area contributed by atoms with E-state index in [2.05, 4.69) is 25.6 Å². The van der Waals surface area contributed by atoms with E-state index < -0.39 is 16.6 Å². The molecule has 0 saturated heterocycles. The van der Waals surface area contributed by atoms with Crippen molar-refractivity contribution in [1.29, 1.82) is 0 Å². The molecule has 96 valence electrons. The smallest absolute Gasteiger partial charge is 0.235 e. The summed E-state index contributed by atoms with van der Waals surface area (Å²) in [6.07, 6.45) is 1.60. The lowest BCUT2D eigenvalue weighted by Gasteiger charge is -2.09. The van der Waals surface area contributed by atoms with Crippen LogP contribution in [-0.4, -0.2) is 30.9 Å². The fraction of sp³-hybridized carbons (Fsp3) is 0.182. The Hall–Kier alpha value is -1.18. The molecule has 0 aliphatic rings. The molecule has 2 aromatic rings. The predicted molar refractivity (Wildman–Crippen MR) is 73.9 cm³/mol. The van der Waals surface area contributed by atoms with Crippen LogP contribution < -0.4 is 4.72 Å². The molecule has 0 spiro atoms. The van der Waals surface area contributed by atoms with E-state index in [1.165, 1.54) is 0 Å². The molecule has 2 rings (SSSR count). The third-order valence-corrected chi connectivity index (χ3v) is 3.99. The number of nitrogens with zero attached hydrogens (tertiary/aromatic N) is 1. The molecule has 0 bridgehead atoms. The van der Waals surface area contributed by atoms with E-state index in [1.807, 2.05) is 12.1 Å². The second-order valence-electron chi connectivity index (χ2n) is 3.68. The lowest BCUT2D eigenvalue weighted by molar-refractivity contribution is 0.320. The van der Waals surface area contributed by atoms with Crippen LogP contribution in [0.25, 0.3) is 10.9 Å². The van der Waals surface area contributed by atoms with Crippen molar-refractivity contribution in [3.05, 3.63) is 34.9 Å². The predicted octanol–water partition coefficient (Wildman–Crippen LogP) is 1.73. The number of halogens is 1. The van der Waals surface area contributed by atoms with Crippen LogP contribution in [0.4, 0.5) is 5.69 Å². The Balaban J connectivity index is 2.46. The van der Waals surface area contributed by atoms with Gasteiger partial charge in [-0.1, -0.05) is 12.1 Å². The Morgan fingerprint density at radius 3 is 2.89 bits per heavy atom. The number of sulfonamides is 1. The highest BCUT2D eigenvalue weighted by Crippen LogP contribution is 2.24. The van der Waals surface area contributed by atoms with E-state index >= 15 is 0 Å². The summed E-state index contributed by atoms with van der Waals surface area (Å²) < 4.78 is 26.4. The minimum Gasteiger partial charge on any atom is -0.395 e. The number of para-hydroxylation sites is 1. The van der Waals surface area contributed by atoms with Gasteiger partial charge in [0.05, 0.1) is 23.6 Å². The molecule has 1 aromatic heterocycles. The molecule has 18 heavy (non-hydrogen) atoms. The summed E-state index contributed by atoms with van der Waals surface area (Å²) in [5.74, 6) is -0.333. The summed E-state index contributed by atoms with van der Waals surface area (Å²) in [5.41, 5.74) is 0.982. The maximum absolute atomic E-state index is 11.6. The summed E-state index contributed by atoms with van der Waals surface area (Å²) in [6, 6.07) is 7.08. The van der Waals surface area contributed by atoms with Crippen molar-refractivity contribution in [3.63, 3.8) is 0 Å². The maximum Gasteiger partial charge on any atom is 0.235 e. The molecule has 1 aromatic carbocycles. The van der Waals surface area contributed by atoms with Gasteiger partial charge in [0.2, 0.25) is 10.0 Å². The van der Waals surface area contributed by atoms with Crippen LogP contribution in [0.15, 0.2) is 34.9 Å². The minimum atomic E-state index is -3.54. The van der Waals surface area contributed by atoms with E-state index in [0.29, 0.717) is 11.2 Å². The lowest BCUT2D eigenvalue weighted by atomic mass is 10.2. The van der Waals surface area contributed by atoms with E-state index in [-0.39, 0.29) is 5.75 Å². The molecule has 5 nitrogen and oxygen atoms in total. The number of anilines is 1. The molecule has 0 fully saturated rings. The lowest BCUT2D eigenvalue weighted by Crippen LogP contribution is -2.19. The number of nitrogens with one attached hydrogen (secondary N) is 1. The first-order valence-electron chi connectivity index (χ1n) is 5.17. The SMILES string of the molecule is O=S(=O)(CCO)Nc1cccc2cc(Br)cnc12. The first kappa shape index (κ1) is 13.3. The molecule has 2 N–H and O–H groups in total. The molecule has 7 heteroatoms. The number of aliphatic hydroxyl groups excluding tert-OH is 1. The molecule has 0 radical (unpaired) electrons. The Morgan fingerprint density at radius 2 is 2.17 bits per heavy atom. The summed E-state index contributed by atoms with van der Waals surface area (Å²) in [5, 5.41) is 9.52. The van der Waals surface area contributed by atoms with Crippen LogP contribution in [0, 0.1) is 0 Å². The summed E-state index contributed by atoms with van der Waals surface area (Å²) in [4.78, 5) is 4.19. The molecule has 0 unspecified atom stereocenters. The second-order valence-corrected chi connectivity index (χ2v) is 6.43. The van der Waals surface area contributed by atoms with Crippen LogP contribution in [0.3, 0.4) is 0 Å². The number of aliphatic hydroxyl groups is 1. The molecule has 0 amide bonds. The number of pyridine rings is 1. The Bertz CT molecular complexity index is 673. The highest BCUT2D eigenvalue weighted by Gasteiger charge is 2.12. The maximum atomic E-state index is 11.6. The van der Waals surface area contributed by atoms with Gasteiger partial charge in [0.25, 0.3) is 0 Å². The van der Waals surface area contributed by atoms with Crippen molar-refractivity contribution in [2.75, 3.05) is 17.1 Å². The van der Waals surface area contributed by atoms with E-state index in [4.69, 9.17) is 5.11 Å². The van der Waals surface area contributed by atoms with Gasteiger partial charge in [-0.15, -0.1) is 0 Å². The largest absolute Gasteiger partial charge is 0.395 e. The minimum absolute atomic E-state index is 0.333. The fourth-order valence-corrected chi connectivity index (χ4v) is 2.75. The van der Waals surface area contributed by atoms with Crippen LogP contribution in [0.1, 0.15) is 0 Å². The van der Waals surface area contributed by atoms with Gasteiger partial charge in [-0.05, 0) is 28.1 Å². The summed E-state index contributed by atoms with van der Waals surface area (Å²) >= 11 is 3.31. The van der Waals surface area contributed by atoms with E-state index in [9.17, 15) is 8.42 Å².